The van der Waals surface area contributed by atoms with E-state index in [1.165, 1.54) is 4.57 Å². The third-order valence-electron chi connectivity index (χ3n) is 10.3. The summed E-state index contributed by atoms with van der Waals surface area (Å²) in [7, 11) is 2.03. The van der Waals surface area contributed by atoms with Gasteiger partial charge in [-0.15, -0.1) is 0 Å². The number of hydrogen-bond acceptors (Lipinski definition) is 7. The number of likely N-dealkylation sites (tertiary alicyclic amines) is 1. The molecule has 1 aliphatic carbocycles. The van der Waals surface area contributed by atoms with E-state index in [1.807, 2.05) is 58.7 Å². The molecule has 1 N–H and O–H groups in total. The number of fused-ring (bicyclic) bond motifs is 2. The summed E-state index contributed by atoms with van der Waals surface area (Å²) in [6, 6.07) is 8.01. The first-order chi connectivity index (χ1) is 22.9. The Hall–Kier alpha value is -4.43. The van der Waals surface area contributed by atoms with E-state index in [0.29, 0.717) is 36.3 Å². The van der Waals surface area contributed by atoms with Crippen LogP contribution in [0.4, 0.5) is 14.9 Å². The zero-order chi connectivity index (χ0) is 34.1. The van der Waals surface area contributed by atoms with Crippen molar-refractivity contribution in [3.63, 3.8) is 0 Å². The second-order valence-electron chi connectivity index (χ2n) is 14.9. The van der Waals surface area contributed by atoms with Crippen molar-refractivity contribution >= 4 is 33.6 Å². The highest BCUT2D eigenvalue weighted by Crippen LogP contribution is 2.50. The number of amides is 1. The van der Waals surface area contributed by atoms with E-state index in [0.717, 1.165) is 59.8 Å². The minimum Gasteiger partial charge on any atom is -0.444 e. The molecule has 0 radical (unpaired) electrons. The number of nitrogens with one attached hydrogen (secondary N) is 1. The highest BCUT2D eigenvalue weighted by atomic mass is 19.1. The Morgan fingerprint density at radius 3 is 2.56 bits per heavy atom. The van der Waals surface area contributed by atoms with Gasteiger partial charge < -0.3 is 24.0 Å². The number of piperazine rings is 1. The fourth-order valence-corrected chi connectivity index (χ4v) is 7.78. The number of benzene rings is 2. The summed E-state index contributed by atoms with van der Waals surface area (Å²) in [6.45, 7) is 11.7. The number of rotatable bonds is 5. The number of H-pyrrole nitrogens is 1. The maximum atomic E-state index is 17.8. The predicted octanol–water partition coefficient (Wildman–Crippen LogP) is 6.28. The molecule has 1 saturated carbocycles. The molecule has 4 heterocycles. The van der Waals surface area contributed by atoms with Crippen molar-refractivity contribution < 1.29 is 13.9 Å². The fraction of sp³-hybridized carbons (Fsp3) is 0.514. The third-order valence-corrected chi connectivity index (χ3v) is 10.3. The molecule has 0 bridgehead atoms. The van der Waals surface area contributed by atoms with E-state index in [4.69, 9.17) is 4.74 Å². The van der Waals surface area contributed by atoms with Crippen LogP contribution in [0, 0.1) is 24.1 Å². The average molecular weight is 654 g/mol. The Morgan fingerprint density at radius 2 is 1.92 bits per heavy atom. The largest absolute Gasteiger partial charge is 0.444 e. The van der Waals surface area contributed by atoms with Crippen molar-refractivity contribution in [1.29, 1.82) is 5.26 Å². The number of nitrogens with zero attached hydrogens (tertiary/aromatic N) is 6. The molecule has 48 heavy (non-hydrogen) atoms. The topological polar surface area (TPSA) is 110 Å². The van der Waals surface area contributed by atoms with Crippen LogP contribution in [0.1, 0.15) is 76.0 Å². The number of carbonyl (C=O) groups is 1. The zero-order valence-electron chi connectivity index (χ0n) is 28.7. The number of likely N-dealkylation sites (N-methyl/N-ethyl adjacent to an activating group) is 1. The third kappa shape index (κ3) is 5.50. The van der Waals surface area contributed by atoms with Gasteiger partial charge in [0.05, 0.1) is 22.9 Å². The number of carbonyl (C=O) groups excluding carboxylic acids is 1. The molecule has 2 aromatic heterocycles. The quantitative estimate of drug-likeness (QED) is 0.270. The van der Waals surface area contributed by atoms with Gasteiger partial charge in [-0.05, 0) is 109 Å². The molecule has 0 spiro atoms. The van der Waals surface area contributed by atoms with Gasteiger partial charge in [-0.1, -0.05) is 6.07 Å². The molecule has 11 heteroatoms. The van der Waals surface area contributed by atoms with Gasteiger partial charge in [0.1, 0.15) is 17.2 Å². The lowest BCUT2D eigenvalue weighted by Gasteiger charge is -2.42. The van der Waals surface area contributed by atoms with E-state index in [-0.39, 0.29) is 35.6 Å². The minimum absolute atomic E-state index is 0.0167. The number of nitriles is 1. The number of hydrogen-bond donors (Lipinski definition) is 1. The zero-order valence-corrected chi connectivity index (χ0v) is 28.7. The first-order valence-electron chi connectivity index (χ1n) is 17.1. The minimum atomic E-state index is -0.635. The molecule has 2 aromatic carbocycles. The van der Waals surface area contributed by atoms with E-state index in [9.17, 15) is 14.9 Å². The maximum absolute atomic E-state index is 17.8. The SMILES string of the molecule is Cc1ccc2[nH]ncc2c1-c1c(C2CC2)cc2c(N3CCN(C(=O)OC(C)(C)C)[C@H](C)C3)c(C#N)c(=O)n(C[C@@H]3CCCN3C)c2c1F. The van der Waals surface area contributed by atoms with Crippen LogP contribution >= 0.6 is 0 Å². The van der Waals surface area contributed by atoms with Crippen LogP contribution in [0.2, 0.25) is 0 Å². The average Bonchev–Trinajstić information content (AvgIpc) is 3.63. The smallest absolute Gasteiger partial charge is 0.410 e. The van der Waals surface area contributed by atoms with Gasteiger partial charge >= 0.3 is 6.09 Å². The van der Waals surface area contributed by atoms with Crippen LogP contribution in [-0.4, -0.2) is 81.6 Å². The summed E-state index contributed by atoms with van der Waals surface area (Å²) in [6.07, 6.45) is 5.12. The van der Waals surface area contributed by atoms with Crippen LogP contribution in [0.15, 0.2) is 29.2 Å². The van der Waals surface area contributed by atoms with Crippen molar-refractivity contribution in [3.05, 3.63) is 57.3 Å². The van der Waals surface area contributed by atoms with Gasteiger partial charge in [0.25, 0.3) is 5.56 Å². The Morgan fingerprint density at radius 1 is 1.15 bits per heavy atom. The molecule has 3 fully saturated rings. The molecule has 2 aliphatic heterocycles. The summed E-state index contributed by atoms with van der Waals surface area (Å²) in [5, 5.41) is 19.3. The summed E-state index contributed by atoms with van der Waals surface area (Å²) in [4.78, 5) is 33.4. The number of pyridine rings is 1. The van der Waals surface area contributed by atoms with E-state index in [2.05, 4.69) is 27.2 Å². The molecule has 3 aliphatic rings. The van der Waals surface area contributed by atoms with Crippen molar-refractivity contribution in [2.24, 2.45) is 0 Å². The lowest BCUT2D eigenvalue weighted by Crippen LogP contribution is -2.55. The molecule has 4 aromatic rings. The van der Waals surface area contributed by atoms with E-state index in [1.54, 1.807) is 11.1 Å². The second-order valence-corrected chi connectivity index (χ2v) is 14.9. The van der Waals surface area contributed by atoms with Crippen molar-refractivity contribution in [2.75, 3.05) is 38.1 Å². The van der Waals surface area contributed by atoms with Crippen LogP contribution < -0.4 is 10.5 Å². The number of anilines is 1. The summed E-state index contributed by atoms with van der Waals surface area (Å²) in [5.74, 6) is -0.266. The Bertz CT molecular complexity index is 2030. The highest BCUT2D eigenvalue weighted by Gasteiger charge is 2.37. The number of aromatic amines is 1. The first-order valence-corrected chi connectivity index (χ1v) is 17.1. The maximum Gasteiger partial charge on any atom is 0.410 e. The van der Waals surface area contributed by atoms with Crippen molar-refractivity contribution in [2.45, 2.75) is 90.4 Å². The van der Waals surface area contributed by atoms with Crippen LogP contribution in [0.5, 0.6) is 0 Å². The van der Waals surface area contributed by atoms with Gasteiger partial charge in [-0.2, -0.15) is 10.4 Å². The molecular formula is C37H44FN7O3. The molecule has 7 rings (SSSR count). The lowest BCUT2D eigenvalue weighted by atomic mass is 9.88. The van der Waals surface area contributed by atoms with Crippen molar-refractivity contribution in [3.8, 4) is 17.2 Å². The van der Waals surface area contributed by atoms with Gasteiger partial charge in [0.2, 0.25) is 0 Å². The summed E-state index contributed by atoms with van der Waals surface area (Å²) >= 11 is 0. The van der Waals surface area contributed by atoms with Gasteiger partial charge in [0.15, 0.2) is 5.82 Å². The van der Waals surface area contributed by atoms with Crippen LogP contribution in [-0.2, 0) is 11.3 Å². The number of aryl methyl sites for hydroxylation is 1. The fourth-order valence-electron chi connectivity index (χ4n) is 7.78. The van der Waals surface area contributed by atoms with E-state index < -0.39 is 23.1 Å². The molecule has 2 saturated heterocycles. The standard InChI is InChI=1S/C37H44FN7O3/c1-21-9-12-29-28(18-40-41-29)30(21)31-25(23-10-11-23)16-26-33(43-14-15-44(22(2)19-43)36(47)48-37(3,4)5)27(17-39)35(46)45(34(26)32(31)38)20-24-8-7-13-42(24)6/h9,12,16,18,22-24H,7-8,10-11,13-15,19-20H2,1-6H3,(H,40,41)/t22-,24+/m1/s1. The van der Waals surface area contributed by atoms with Gasteiger partial charge in [-0.25, -0.2) is 9.18 Å². The van der Waals surface area contributed by atoms with Crippen LogP contribution in [0.3, 0.4) is 0 Å². The predicted molar refractivity (Wildman–Crippen MR) is 185 cm³/mol. The molecule has 1 amide bonds. The lowest BCUT2D eigenvalue weighted by molar-refractivity contribution is 0.0159. The van der Waals surface area contributed by atoms with E-state index >= 15 is 4.39 Å². The first kappa shape index (κ1) is 32.1. The Labute approximate surface area is 280 Å². The Kier molecular flexibility index (Phi) is 7.98. The van der Waals surface area contributed by atoms with Crippen LogP contribution in [0.25, 0.3) is 32.9 Å². The number of ether oxygens (including phenoxy) is 1. The molecule has 2 atom stereocenters. The number of aromatic nitrogens is 3. The second kappa shape index (κ2) is 11.9. The molecule has 252 valence electrons. The van der Waals surface area contributed by atoms with Crippen molar-refractivity contribution in [1.82, 2.24) is 24.6 Å². The highest BCUT2D eigenvalue weighted by molar-refractivity contribution is 6.03. The molecule has 0 unspecified atom stereocenters. The normalized spacial score (nSPS) is 20.5. The molecule has 10 nitrogen and oxygen atoms in total. The number of halogens is 1. The summed E-state index contributed by atoms with van der Waals surface area (Å²) < 4.78 is 25.0. The van der Waals surface area contributed by atoms with Gasteiger partial charge in [0, 0.05) is 54.6 Å². The Balaban J connectivity index is 1.47. The molecular weight excluding hydrogens is 609 g/mol. The van der Waals surface area contributed by atoms with Gasteiger partial charge in [-0.3, -0.25) is 9.89 Å². The monoisotopic (exact) mass is 653 g/mol. The summed E-state index contributed by atoms with van der Waals surface area (Å²) in [5.41, 5.74) is 3.52.